The van der Waals surface area contributed by atoms with Gasteiger partial charge >= 0.3 is 0 Å². The largest absolute Gasteiger partial charge is 0.399 e. The van der Waals surface area contributed by atoms with Crippen LogP contribution in [0.25, 0.3) is 11.4 Å². The van der Waals surface area contributed by atoms with Crippen molar-refractivity contribution in [1.29, 1.82) is 0 Å². The van der Waals surface area contributed by atoms with Gasteiger partial charge < -0.3 is 11.1 Å². The summed E-state index contributed by atoms with van der Waals surface area (Å²) in [6.45, 7) is 5.01. The quantitative estimate of drug-likeness (QED) is 0.697. The summed E-state index contributed by atoms with van der Waals surface area (Å²) in [4.78, 5) is 6.90. The molecule has 0 unspecified atom stereocenters. The molecule has 0 atom stereocenters. The average Bonchev–Trinajstić information content (AvgIpc) is 2.89. The van der Waals surface area contributed by atoms with E-state index in [1.165, 1.54) is 0 Å². The van der Waals surface area contributed by atoms with Crippen molar-refractivity contribution in [2.24, 2.45) is 0 Å². The predicted molar refractivity (Wildman–Crippen MR) is 74.4 cm³/mol. The molecule has 1 aromatic heterocycles. The van der Waals surface area contributed by atoms with Crippen molar-refractivity contribution in [2.75, 3.05) is 31.9 Å². The molecule has 0 radical (unpaired) electrons. The summed E-state index contributed by atoms with van der Waals surface area (Å²) in [6, 6.07) is 7.60. The summed E-state index contributed by atoms with van der Waals surface area (Å²) in [6.07, 6.45) is 0. The highest BCUT2D eigenvalue weighted by Gasteiger charge is 2.12. The lowest BCUT2D eigenvalue weighted by Gasteiger charge is -2.25. The van der Waals surface area contributed by atoms with Crippen molar-refractivity contribution in [1.82, 2.24) is 25.4 Å². The van der Waals surface area contributed by atoms with Gasteiger partial charge in [0.25, 0.3) is 0 Å². The van der Waals surface area contributed by atoms with Gasteiger partial charge in [-0.1, -0.05) is 0 Å². The fourth-order valence-electron chi connectivity index (χ4n) is 2.21. The number of piperazine rings is 1. The minimum atomic E-state index is 0.727. The van der Waals surface area contributed by atoms with E-state index in [1.807, 2.05) is 24.3 Å². The third kappa shape index (κ3) is 2.91. The molecule has 100 valence electrons. The number of nitrogen functional groups attached to an aromatic ring is 1. The van der Waals surface area contributed by atoms with Crippen LogP contribution in [0.1, 0.15) is 5.82 Å². The van der Waals surface area contributed by atoms with Crippen molar-refractivity contribution in [2.45, 2.75) is 6.54 Å². The molecule has 0 spiro atoms. The Balaban J connectivity index is 1.70. The van der Waals surface area contributed by atoms with Crippen molar-refractivity contribution in [3.8, 4) is 11.4 Å². The number of benzene rings is 1. The number of nitrogens with zero attached hydrogens (tertiary/aromatic N) is 3. The van der Waals surface area contributed by atoms with Gasteiger partial charge in [-0.05, 0) is 24.3 Å². The molecule has 0 aliphatic carbocycles. The van der Waals surface area contributed by atoms with Crippen LogP contribution in [0.2, 0.25) is 0 Å². The highest BCUT2D eigenvalue weighted by Crippen LogP contribution is 2.16. The first-order chi connectivity index (χ1) is 9.31. The summed E-state index contributed by atoms with van der Waals surface area (Å²) in [5.41, 5.74) is 7.41. The first-order valence-corrected chi connectivity index (χ1v) is 6.51. The monoisotopic (exact) mass is 258 g/mol. The Hall–Kier alpha value is -1.92. The van der Waals surface area contributed by atoms with E-state index in [4.69, 9.17) is 5.73 Å². The summed E-state index contributed by atoms with van der Waals surface area (Å²) in [5.74, 6) is 1.64. The first-order valence-electron chi connectivity index (χ1n) is 6.51. The number of anilines is 1. The zero-order valence-electron chi connectivity index (χ0n) is 10.8. The number of aromatic nitrogens is 3. The molecule has 19 heavy (non-hydrogen) atoms. The van der Waals surface area contributed by atoms with Crippen molar-refractivity contribution in [3.63, 3.8) is 0 Å². The van der Waals surface area contributed by atoms with Crippen molar-refractivity contribution >= 4 is 5.69 Å². The summed E-state index contributed by atoms with van der Waals surface area (Å²) >= 11 is 0. The van der Waals surface area contributed by atoms with Gasteiger partial charge in [0, 0.05) is 37.4 Å². The van der Waals surface area contributed by atoms with E-state index in [2.05, 4.69) is 25.4 Å². The molecule has 1 fully saturated rings. The van der Waals surface area contributed by atoms with Crippen LogP contribution in [0.15, 0.2) is 24.3 Å². The molecule has 1 aliphatic rings. The number of hydrogen-bond donors (Lipinski definition) is 3. The maximum Gasteiger partial charge on any atom is 0.181 e. The lowest BCUT2D eigenvalue weighted by Crippen LogP contribution is -2.43. The Morgan fingerprint density at radius 1 is 1.16 bits per heavy atom. The second kappa shape index (κ2) is 5.38. The standard InChI is InChI=1S/C13H18N6/c14-11-3-1-10(2-4-11)13-16-12(17-18-13)9-19-7-5-15-6-8-19/h1-4,15H,5-9,14H2,(H,16,17,18). The predicted octanol–water partition coefficient (Wildman–Crippen LogP) is 0.459. The topological polar surface area (TPSA) is 82.9 Å². The molecule has 6 heteroatoms. The highest BCUT2D eigenvalue weighted by molar-refractivity contribution is 5.58. The van der Waals surface area contributed by atoms with E-state index >= 15 is 0 Å². The van der Waals surface area contributed by atoms with Crippen LogP contribution in [0.5, 0.6) is 0 Å². The SMILES string of the molecule is Nc1ccc(-c2n[nH]c(CN3CCNCC3)n2)cc1. The molecular formula is C13H18N6. The highest BCUT2D eigenvalue weighted by atomic mass is 15.3. The molecule has 4 N–H and O–H groups in total. The number of rotatable bonds is 3. The second-order valence-electron chi connectivity index (χ2n) is 4.75. The van der Waals surface area contributed by atoms with E-state index in [9.17, 15) is 0 Å². The molecule has 2 heterocycles. The van der Waals surface area contributed by atoms with Gasteiger partial charge in [-0.25, -0.2) is 4.98 Å². The summed E-state index contributed by atoms with van der Waals surface area (Å²) in [7, 11) is 0. The molecular weight excluding hydrogens is 240 g/mol. The Kier molecular flexibility index (Phi) is 3.43. The van der Waals surface area contributed by atoms with E-state index < -0.39 is 0 Å². The van der Waals surface area contributed by atoms with Gasteiger partial charge in [0.1, 0.15) is 5.82 Å². The minimum Gasteiger partial charge on any atom is -0.399 e. The van der Waals surface area contributed by atoms with Gasteiger partial charge in [0.2, 0.25) is 0 Å². The Labute approximate surface area is 112 Å². The smallest absolute Gasteiger partial charge is 0.181 e. The molecule has 0 bridgehead atoms. The molecule has 1 aromatic carbocycles. The number of aromatic amines is 1. The average molecular weight is 258 g/mol. The Bertz CT molecular complexity index is 526. The molecule has 0 saturated carbocycles. The van der Waals surface area contributed by atoms with Crippen LogP contribution in [-0.2, 0) is 6.54 Å². The third-order valence-electron chi connectivity index (χ3n) is 3.28. The fourth-order valence-corrected chi connectivity index (χ4v) is 2.21. The molecule has 6 nitrogen and oxygen atoms in total. The van der Waals surface area contributed by atoms with Crippen LogP contribution in [0, 0.1) is 0 Å². The molecule has 3 rings (SSSR count). The molecule has 1 saturated heterocycles. The van der Waals surface area contributed by atoms with E-state index in [-0.39, 0.29) is 0 Å². The van der Waals surface area contributed by atoms with Crippen LogP contribution >= 0.6 is 0 Å². The normalized spacial score (nSPS) is 16.6. The van der Waals surface area contributed by atoms with Crippen LogP contribution in [0.4, 0.5) is 5.69 Å². The van der Waals surface area contributed by atoms with Gasteiger partial charge in [0.15, 0.2) is 5.82 Å². The van der Waals surface area contributed by atoms with Crippen molar-refractivity contribution < 1.29 is 0 Å². The number of H-pyrrole nitrogens is 1. The van der Waals surface area contributed by atoms with Gasteiger partial charge in [-0.15, -0.1) is 0 Å². The van der Waals surface area contributed by atoms with Gasteiger partial charge in [-0.3, -0.25) is 10.00 Å². The zero-order chi connectivity index (χ0) is 13.1. The van der Waals surface area contributed by atoms with Gasteiger partial charge in [0.05, 0.1) is 6.54 Å². The van der Waals surface area contributed by atoms with Crippen LogP contribution in [0.3, 0.4) is 0 Å². The van der Waals surface area contributed by atoms with Crippen LogP contribution < -0.4 is 11.1 Å². The minimum absolute atomic E-state index is 0.727. The summed E-state index contributed by atoms with van der Waals surface area (Å²) in [5, 5.41) is 10.6. The zero-order valence-corrected chi connectivity index (χ0v) is 10.8. The fraction of sp³-hybridized carbons (Fsp3) is 0.385. The van der Waals surface area contributed by atoms with Crippen LogP contribution in [-0.4, -0.2) is 46.3 Å². The lowest BCUT2D eigenvalue weighted by atomic mass is 10.2. The number of nitrogens with two attached hydrogens (primary N) is 1. The maximum absolute atomic E-state index is 5.67. The Morgan fingerprint density at radius 3 is 2.63 bits per heavy atom. The van der Waals surface area contributed by atoms with E-state index in [0.29, 0.717) is 0 Å². The molecule has 1 aliphatic heterocycles. The van der Waals surface area contributed by atoms with Crippen molar-refractivity contribution in [3.05, 3.63) is 30.1 Å². The molecule has 2 aromatic rings. The third-order valence-corrected chi connectivity index (χ3v) is 3.28. The second-order valence-corrected chi connectivity index (χ2v) is 4.75. The summed E-state index contributed by atoms with van der Waals surface area (Å²) < 4.78 is 0. The van der Waals surface area contributed by atoms with E-state index in [1.54, 1.807) is 0 Å². The first kappa shape index (κ1) is 12.1. The maximum atomic E-state index is 5.67. The number of nitrogens with one attached hydrogen (secondary N) is 2. The Morgan fingerprint density at radius 2 is 1.89 bits per heavy atom. The number of hydrogen-bond acceptors (Lipinski definition) is 5. The van der Waals surface area contributed by atoms with Gasteiger partial charge in [-0.2, -0.15) is 5.10 Å². The molecule has 0 amide bonds. The van der Waals surface area contributed by atoms with E-state index in [0.717, 1.165) is 55.6 Å². The lowest BCUT2D eigenvalue weighted by molar-refractivity contribution is 0.228.